The fraction of sp³-hybridized carbons (Fsp3) is 0. The molecule has 0 atom stereocenters. The number of fused-ring (bicyclic) bond motifs is 1. The third kappa shape index (κ3) is 6.69. The number of rotatable bonds is 6. The molecule has 0 bridgehead atoms. The molecular formula is C41H29ClS2. The Labute approximate surface area is 273 Å². The Bertz CT molecular complexity index is 2010. The molecule has 1 aromatic heterocycles. The lowest BCUT2D eigenvalue weighted by Gasteiger charge is -2.16. The summed E-state index contributed by atoms with van der Waals surface area (Å²) in [5.74, 6) is 0. The molecule has 0 saturated carbocycles. The first-order chi connectivity index (χ1) is 21.3. The molecule has 0 aliphatic carbocycles. The monoisotopic (exact) mass is 620 g/mol. The lowest BCUT2D eigenvalue weighted by molar-refractivity contribution is -0.00000782. The van der Waals surface area contributed by atoms with E-state index in [9.17, 15) is 0 Å². The summed E-state index contributed by atoms with van der Waals surface area (Å²) in [4.78, 5) is 3.70. The molecule has 0 saturated heterocycles. The molecule has 0 nitrogen and oxygen atoms in total. The van der Waals surface area contributed by atoms with Gasteiger partial charge in [-0.1, -0.05) is 139 Å². The van der Waals surface area contributed by atoms with Crippen LogP contribution in [0.3, 0.4) is 0 Å². The second kappa shape index (κ2) is 13.9. The summed E-state index contributed by atoms with van der Waals surface area (Å²) in [6.07, 6.45) is 11.3. The average Bonchev–Trinajstić information content (AvgIpc) is 3.09. The van der Waals surface area contributed by atoms with Crippen LogP contribution in [0.4, 0.5) is 0 Å². The molecule has 212 valence electrons. The zero-order valence-electron chi connectivity index (χ0n) is 23.9. The van der Waals surface area contributed by atoms with Crippen LogP contribution in [0, 0.1) is 0 Å². The normalized spacial score (nSPS) is 13.9. The summed E-state index contributed by atoms with van der Waals surface area (Å²) in [7, 11) is 0. The van der Waals surface area contributed by atoms with Gasteiger partial charge in [0, 0.05) is 39.0 Å². The number of benzene rings is 5. The highest BCUT2D eigenvalue weighted by Crippen LogP contribution is 2.42. The van der Waals surface area contributed by atoms with Gasteiger partial charge in [-0.25, -0.2) is 0 Å². The summed E-state index contributed by atoms with van der Waals surface area (Å²) >= 11 is 3.65. The van der Waals surface area contributed by atoms with E-state index in [0.717, 1.165) is 0 Å². The predicted molar refractivity (Wildman–Crippen MR) is 191 cm³/mol. The summed E-state index contributed by atoms with van der Waals surface area (Å²) in [6.45, 7) is 0. The molecule has 1 aliphatic heterocycles. The van der Waals surface area contributed by atoms with Crippen LogP contribution < -0.4 is 12.4 Å². The van der Waals surface area contributed by atoms with E-state index in [1.54, 1.807) is 0 Å². The first-order valence-electron chi connectivity index (χ1n) is 14.4. The first-order valence-corrected chi connectivity index (χ1v) is 16.1. The molecule has 6 aromatic rings. The topological polar surface area (TPSA) is 0 Å². The third-order valence-electron chi connectivity index (χ3n) is 7.47. The van der Waals surface area contributed by atoms with Crippen molar-refractivity contribution in [3.8, 4) is 22.3 Å². The maximum absolute atomic E-state index is 2.34. The van der Waals surface area contributed by atoms with Crippen LogP contribution in [0.25, 0.3) is 48.9 Å². The zero-order valence-corrected chi connectivity index (χ0v) is 26.3. The molecule has 0 unspecified atom stereocenters. The highest BCUT2D eigenvalue weighted by atomic mass is 35.5. The Kier molecular flexibility index (Phi) is 9.34. The molecule has 0 N–H and O–H groups in total. The fourth-order valence-electron chi connectivity index (χ4n) is 5.34. The number of allylic oxidation sites excluding steroid dienone is 5. The van der Waals surface area contributed by atoms with Crippen molar-refractivity contribution in [3.63, 3.8) is 0 Å². The Morgan fingerprint density at radius 3 is 1.77 bits per heavy atom. The van der Waals surface area contributed by atoms with Gasteiger partial charge in [0.05, 0.1) is 0 Å². The molecule has 3 heteroatoms. The Balaban J connectivity index is 0.00000343. The van der Waals surface area contributed by atoms with Gasteiger partial charge >= 0.3 is 0 Å². The molecule has 7 rings (SSSR count). The van der Waals surface area contributed by atoms with Gasteiger partial charge in [-0.15, -0.1) is 0 Å². The standard InChI is InChI=1S/C41H29S2.ClH/c1-5-14-30(15-6-1)34-24-25-40-39(27-34)38(32-18-9-3-10-19-32)29-37(42-40)23-13-22-36-26-35(31-16-7-2-8-17-31)28-41(43-36)33-20-11-4-12-21-33;/h1-29H;1H/q+1;/p-1. The second-order valence-corrected chi connectivity index (χ2v) is 12.6. The van der Waals surface area contributed by atoms with E-state index in [1.807, 2.05) is 23.1 Å². The van der Waals surface area contributed by atoms with E-state index in [0.29, 0.717) is 0 Å². The zero-order chi connectivity index (χ0) is 28.8. The van der Waals surface area contributed by atoms with Crippen LogP contribution in [0.1, 0.15) is 16.0 Å². The lowest BCUT2D eigenvalue weighted by Crippen LogP contribution is -3.00. The van der Waals surface area contributed by atoms with Gasteiger partial charge in [-0.2, -0.15) is 0 Å². The molecular weight excluding hydrogens is 592 g/mol. The van der Waals surface area contributed by atoms with E-state index >= 15 is 0 Å². The Morgan fingerprint density at radius 1 is 0.523 bits per heavy atom. The minimum atomic E-state index is 0. The number of halogens is 1. The van der Waals surface area contributed by atoms with Crippen molar-refractivity contribution in [2.24, 2.45) is 0 Å². The number of hydrogen-bond donors (Lipinski definition) is 0. The van der Waals surface area contributed by atoms with E-state index in [-0.39, 0.29) is 12.4 Å². The number of hydrogen-bond acceptors (Lipinski definition) is 1. The quantitative estimate of drug-likeness (QED) is 0.167. The fourth-order valence-corrected chi connectivity index (χ4v) is 7.36. The summed E-state index contributed by atoms with van der Waals surface area (Å²) in [5.41, 5.74) is 8.66. The van der Waals surface area contributed by atoms with Crippen molar-refractivity contribution in [1.82, 2.24) is 0 Å². The van der Waals surface area contributed by atoms with Crippen molar-refractivity contribution in [2.45, 2.75) is 0 Å². The van der Waals surface area contributed by atoms with Gasteiger partial charge in [0.25, 0.3) is 0 Å². The molecule has 44 heavy (non-hydrogen) atoms. The average molecular weight is 621 g/mol. The van der Waals surface area contributed by atoms with Crippen molar-refractivity contribution in [2.75, 3.05) is 0 Å². The maximum atomic E-state index is 2.34. The smallest absolute Gasteiger partial charge is 0.239 e. The first kappa shape index (κ1) is 29.6. The molecule has 0 fully saturated rings. The van der Waals surface area contributed by atoms with Crippen LogP contribution in [0.2, 0.25) is 0 Å². The lowest BCUT2D eigenvalue weighted by atomic mass is 9.98. The van der Waals surface area contributed by atoms with Gasteiger partial charge in [0.15, 0.2) is 0 Å². The van der Waals surface area contributed by atoms with Crippen LogP contribution in [-0.4, -0.2) is 0 Å². The predicted octanol–water partition coefficient (Wildman–Crippen LogP) is 9.29. The van der Waals surface area contributed by atoms with E-state index in [4.69, 9.17) is 0 Å². The van der Waals surface area contributed by atoms with Gasteiger partial charge in [0.1, 0.15) is 0 Å². The molecule has 2 heterocycles. The largest absolute Gasteiger partial charge is 1.00 e. The molecule has 1 aliphatic rings. The third-order valence-corrected chi connectivity index (χ3v) is 9.60. The van der Waals surface area contributed by atoms with Crippen molar-refractivity contribution in [3.05, 3.63) is 191 Å². The van der Waals surface area contributed by atoms with Crippen LogP contribution in [-0.2, 0) is 0 Å². The van der Waals surface area contributed by atoms with Gasteiger partial charge < -0.3 is 12.4 Å². The van der Waals surface area contributed by atoms with E-state index in [1.165, 1.54) is 63.7 Å². The van der Waals surface area contributed by atoms with Crippen LogP contribution in [0.5, 0.6) is 0 Å². The highest BCUT2D eigenvalue weighted by molar-refractivity contribution is 8.12. The van der Waals surface area contributed by atoms with E-state index < -0.39 is 0 Å². The van der Waals surface area contributed by atoms with Gasteiger partial charge in [0.2, 0.25) is 20.9 Å². The SMILES string of the molecule is C(=Cc1cc(-c2ccccc2)c2cc(-c3ccccc3)ccc2[s+]1)C=C1C=C(c2ccccc2)C=C(c2ccccc2)S1.[Cl-]. The Hall–Kier alpha value is -4.47. The van der Waals surface area contributed by atoms with Gasteiger partial charge in [-0.05, 0) is 63.8 Å². The number of thioether (sulfide) groups is 1. The molecule has 0 spiro atoms. The molecule has 0 radical (unpaired) electrons. The summed E-state index contributed by atoms with van der Waals surface area (Å²) in [5, 5.41) is 1.28. The van der Waals surface area contributed by atoms with Crippen molar-refractivity contribution >= 4 is 49.7 Å². The highest BCUT2D eigenvalue weighted by Gasteiger charge is 2.17. The van der Waals surface area contributed by atoms with Crippen LogP contribution in [0.15, 0.2) is 175 Å². The minimum Gasteiger partial charge on any atom is -1.00 e. The Morgan fingerprint density at radius 2 is 1.11 bits per heavy atom. The van der Waals surface area contributed by atoms with Crippen molar-refractivity contribution < 1.29 is 12.4 Å². The second-order valence-electron chi connectivity index (χ2n) is 10.4. The molecule has 0 amide bonds. The maximum Gasteiger partial charge on any atom is 0.239 e. The summed E-state index contributed by atoms with van der Waals surface area (Å²) < 4.78 is 1.28. The van der Waals surface area contributed by atoms with Gasteiger partial charge in [-0.3, -0.25) is 0 Å². The summed E-state index contributed by atoms with van der Waals surface area (Å²) in [6, 6.07) is 51.8. The van der Waals surface area contributed by atoms with E-state index in [2.05, 4.69) is 176 Å². The minimum absolute atomic E-state index is 0. The molecule has 5 aromatic carbocycles. The van der Waals surface area contributed by atoms with Crippen LogP contribution >= 0.6 is 23.1 Å². The van der Waals surface area contributed by atoms with Crippen molar-refractivity contribution in [1.29, 1.82) is 0 Å².